The molecule has 0 saturated carbocycles. The Bertz CT molecular complexity index is 557. The smallest absolute Gasteiger partial charge is 0.182 e. The van der Waals surface area contributed by atoms with Gasteiger partial charge in [0.2, 0.25) is 0 Å². The fraction of sp³-hybridized carbons (Fsp3) is 0.357. The van der Waals surface area contributed by atoms with Crippen LogP contribution in [0.4, 0.5) is 5.13 Å². The van der Waals surface area contributed by atoms with E-state index in [4.69, 9.17) is 14.6 Å². The number of aliphatic hydroxyl groups excluding tert-OH is 1. The SMILES string of the molecule is CCNc1ncc(COc2ccc(CO)cc2OC)s1. The summed E-state index contributed by atoms with van der Waals surface area (Å²) in [4.78, 5) is 5.29. The van der Waals surface area contributed by atoms with E-state index in [0.29, 0.717) is 18.1 Å². The van der Waals surface area contributed by atoms with Gasteiger partial charge in [-0.2, -0.15) is 0 Å². The number of nitrogens with zero attached hydrogens (tertiary/aromatic N) is 1. The van der Waals surface area contributed by atoms with Crippen molar-refractivity contribution in [3.63, 3.8) is 0 Å². The Labute approximate surface area is 122 Å². The van der Waals surface area contributed by atoms with Crippen molar-refractivity contribution < 1.29 is 14.6 Å². The molecule has 1 heterocycles. The molecule has 0 aliphatic rings. The number of nitrogens with one attached hydrogen (secondary N) is 1. The first-order valence-electron chi connectivity index (χ1n) is 6.36. The van der Waals surface area contributed by atoms with E-state index in [0.717, 1.165) is 22.1 Å². The van der Waals surface area contributed by atoms with Gasteiger partial charge < -0.3 is 19.9 Å². The van der Waals surface area contributed by atoms with E-state index in [-0.39, 0.29) is 6.61 Å². The summed E-state index contributed by atoms with van der Waals surface area (Å²) in [5, 5.41) is 13.2. The Morgan fingerprint density at radius 3 is 2.90 bits per heavy atom. The van der Waals surface area contributed by atoms with Crippen LogP contribution in [0.5, 0.6) is 11.5 Å². The molecule has 2 N–H and O–H groups in total. The van der Waals surface area contributed by atoms with Gasteiger partial charge >= 0.3 is 0 Å². The molecular weight excluding hydrogens is 276 g/mol. The summed E-state index contributed by atoms with van der Waals surface area (Å²) in [6, 6.07) is 5.39. The number of hydrogen-bond donors (Lipinski definition) is 2. The molecule has 1 aromatic heterocycles. The maximum absolute atomic E-state index is 9.10. The molecular formula is C14H18N2O3S. The van der Waals surface area contributed by atoms with Gasteiger partial charge in [-0.1, -0.05) is 17.4 Å². The number of aromatic nitrogens is 1. The number of anilines is 1. The zero-order valence-corrected chi connectivity index (χ0v) is 12.4. The fourth-order valence-electron chi connectivity index (χ4n) is 1.69. The van der Waals surface area contributed by atoms with Crippen molar-refractivity contribution in [2.45, 2.75) is 20.1 Å². The highest BCUT2D eigenvalue weighted by molar-refractivity contribution is 7.15. The van der Waals surface area contributed by atoms with Crippen LogP contribution in [0.1, 0.15) is 17.4 Å². The van der Waals surface area contributed by atoms with E-state index >= 15 is 0 Å². The third-order valence-corrected chi connectivity index (χ3v) is 3.59. The first-order chi connectivity index (χ1) is 9.76. The molecule has 0 bridgehead atoms. The summed E-state index contributed by atoms with van der Waals surface area (Å²) in [7, 11) is 1.58. The molecule has 0 unspecified atom stereocenters. The summed E-state index contributed by atoms with van der Waals surface area (Å²) < 4.78 is 11.0. The Balaban J connectivity index is 2.02. The summed E-state index contributed by atoms with van der Waals surface area (Å²) in [5.74, 6) is 1.27. The number of benzene rings is 1. The molecule has 0 spiro atoms. The quantitative estimate of drug-likeness (QED) is 0.822. The molecule has 20 heavy (non-hydrogen) atoms. The minimum atomic E-state index is -0.0163. The van der Waals surface area contributed by atoms with Gasteiger partial charge in [0.1, 0.15) is 6.61 Å². The number of aliphatic hydroxyl groups is 1. The molecule has 0 aliphatic heterocycles. The Morgan fingerprint density at radius 1 is 1.35 bits per heavy atom. The third-order valence-electron chi connectivity index (χ3n) is 2.66. The second-order valence-electron chi connectivity index (χ2n) is 4.09. The minimum Gasteiger partial charge on any atom is -0.493 e. The first-order valence-corrected chi connectivity index (χ1v) is 7.17. The van der Waals surface area contributed by atoms with Gasteiger partial charge in [-0.25, -0.2) is 4.98 Å². The lowest BCUT2D eigenvalue weighted by atomic mass is 10.2. The molecule has 0 aliphatic carbocycles. The van der Waals surface area contributed by atoms with E-state index in [1.807, 2.05) is 13.0 Å². The maximum atomic E-state index is 9.10. The van der Waals surface area contributed by atoms with Crippen molar-refractivity contribution in [2.24, 2.45) is 0 Å². The minimum absolute atomic E-state index is 0.0163. The van der Waals surface area contributed by atoms with Crippen LogP contribution in [0.25, 0.3) is 0 Å². The maximum Gasteiger partial charge on any atom is 0.182 e. The lowest BCUT2D eigenvalue weighted by molar-refractivity contribution is 0.275. The predicted octanol–water partition coefficient (Wildman–Crippen LogP) is 2.65. The van der Waals surface area contributed by atoms with Crippen LogP contribution in [-0.4, -0.2) is 23.7 Å². The zero-order chi connectivity index (χ0) is 14.4. The highest BCUT2D eigenvalue weighted by Crippen LogP contribution is 2.29. The normalized spacial score (nSPS) is 10.3. The highest BCUT2D eigenvalue weighted by Gasteiger charge is 2.07. The van der Waals surface area contributed by atoms with E-state index < -0.39 is 0 Å². The standard InChI is InChI=1S/C14H18N2O3S/c1-3-15-14-16-7-11(20-14)9-19-12-5-4-10(8-17)6-13(12)18-2/h4-7,17H,3,8-9H2,1-2H3,(H,15,16). The average Bonchev–Trinajstić information content (AvgIpc) is 2.93. The molecule has 0 saturated heterocycles. The van der Waals surface area contributed by atoms with Gasteiger partial charge in [-0.3, -0.25) is 0 Å². The molecule has 1 aromatic carbocycles. The molecule has 0 radical (unpaired) electrons. The van der Waals surface area contributed by atoms with Crippen LogP contribution < -0.4 is 14.8 Å². The Kier molecular flexibility index (Phi) is 5.20. The van der Waals surface area contributed by atoms with E-state index in [1.165, 1.54) is 0 Å². The van der Waals surface area contributed by atoms with Crippen LogP contribution in [0, 0.1) is 0 Å². The second-order valence-corrected chi connectivity index (χ2v) is 5.21. The first kappa shape index (κ1) is 14.6. The molecule has 0 amide bonds. The van der Waals surface area contributed by atoms with Crippen molar-refractivity contribution in [3.05, 3.63) is 34.8 Å². The number of rotatable bonds is 7. The van der Waals surface area contributed by atoms with Crippen LogP contribution in [0.2, 0.25) is 0 Å². The van der Waals surface area contributed by atoms with Crippen molar-refractivity contribution in [1.82, 2.24) is 4.98 Å². The zero-order valence-electron chi connectivity index (χ0n) is 11.5. The molecule has 108 valence electrons. The topological polar surface area (TPSA) is 63.6 Å². The predicted molar refractivity (Wildman–Crippen MR) is 79.5 cm³/mol. The van der Waals surface area contributed by atoms with Gasteiger partial charge in [-0.15, -0.1) is 0 Å². The molecule has 0 fully saturated rings. The molecule has 2 aromatic rings. The van der Waals surface area contributed by atoms with Crippen LogP contribution >= 0.6 is 11.3 Å². The summed E-state index contributed by atoms with van der Waals surface area (Å²) in [5.41, 5.74) is 0.793. The summed E-state index contributed by atoms with van der Waals surface area (Å²) in [6.07, 6.45) is 1.80. The summed E-state index contributed by atoms with van der Waals surface area (Å²) >= 11 is 1.57. The van der Waals surface area contributed by atoms with Crippen molar-refractivity contribution in [2.75, 3.05) is 19.0 Å². The second kappa shape index (κ2) is 7.12. The molecule has 2 rings (SSSR count). The Hall–Kier alpha value is -1.79. The molecule has 5 nitrogen and oxygen atoms in total. The van der Waals surface area contributed by atoms with Crippen LogP contribution in [-0.2, 0) is 13.2 Å². The monoisotopic (exact) mass is 294 g/mol. The number of thiazole rings is 1. The number of methoxy groups -OCH3 is 1. The van der Waals surface area contributed by atoms with E-state index in [1.54, 1.807) is 36.8 Å². The third kappa shape index (κ3) is 3.61. The lowest BCUT2D eigenvalue weighted by Gasteiger charge is -2.10. The average molecular weight is 294 g/mol. The van der Waals surface area contributed by atoms with Crippen molar-refractivity contribution in [3.8, 4) is 11.5 Å². The number of hydrogen-bond acceptors (Lipinski definition) is 6. The van der Waals surface area contributed by atoms with E-state index in [2.05, 4.69) is 10.3 Å². The van der Waals surface area contributed by atoms with Gasteiger partial charge in [0.25, 0.3) is 0 Å². The van der Waals surface area contributed by atoms with Gasteiger partial charge in [0.05, 0.1) is 18.6 Å². The van der Waals surface area contributed by atoms with E-state index in [9.17, 15) is 0 Å². The highest BCUT2D eigenvalue weighted by atomic mass is 32.1. The van der Waals surface area contributed by atoms with Crippen molar-refractivity contribution >= 4 is 16.5 Å². The fourth-order valence-corrected chi connectivity index (χ4v) is 2.48. The van der Waals surface area contributed by atoms with Gasteiger partial charge in [0.15, 0.2) is 16.6 Å². The summed E-state index contributed by atoms with van der Waals surface area (Å²) in [6.45, 7) is 3.31. The number of ether oxygens (including phenoxy) is 2. The lowest BCUT2D eigenvalue weighted by Crippen LogP contribution is -1.97. The van der Waals surface area contributed by atoms with Crippen LogP contribution in [0.15, 0.2) is 24.4 Å². The molecule has 6 heteroatoms. The van der Waals surface area contributed by atoms with Gasteiger partial charge in [0, 0.05) is 12.7 Å². The molecule has 0 atom stereocenters. The largest absolute Gasteiger partial charge is 0.493 e. The Morgan fingerprint density at radius 2 is 2.20 bits per heavy atom. The van der Waals surface area contributed by atoms with Crippen LogP contribution in [0.3, 0.4) is 0 Å². The van der Waals surface area contributed by atoms with Gasteiger partial charge in [-0.05, 0) is 24.6 Å². The van der Waals surface area contributed by atoms with Crippen molar-refractivity contribution in [1.29, 1.82) is 0 Å².